The highest BCUT2D eigenvalue weighted by atomic mass is 16.2. The standard InChI is InChI=1S/C19H17N5O3/c1-12-11-16(25)17(23-24(12)15-5-3-2-4-6-15)18(26)21-13-7-9-14(10-8-13)22-19(20)27/h2-11H,1H3,(H,21,26)(H3,20,22,27). The van der Waals surface area contributed by atoms with Gasteiger partial charge in [-0.15, -0.1) is 0 Å². The number of nitrogens with zero attached hydrogens (tertiary/aromatic N) is 2. The third kappa shape index (κ3) is 4.18. The van der Waals surface area contributed by atoms with Gasteiger partial charge in [0.05, 0.1) is 5.69 Å². The van der Waals surface area contributed by atoms with Gasteiger partial charge in [0.15, 0.2) is 5.69 Å². The molecule has 3 rings (SSSR count). The molecule has 3 aromatic rings. The molecule has 0 aliphatic rings. The summed E-state index contributed by atoms with van der Waals surface area (Å²) in [6.45, 7) is 1.74. The number of benzene rings is 2. The lowest BCUT2D eigenvalue weighted by molar-refractivity contribution is 0.101. The van der Waals surface area contributed by atoms with E-state index < -0.39 is 17.4 Å². The maximum atomic E-state index is 12.5. The lowest BCUT2D eigenvalue weighted by Gasteiger charge is -2.11. The third-order valence-corrected chi connectivity index (χ3v) is 3.73. The van der Waals surface area contributed by atoms with Gasteiger partial charge in [-0.3, -0.25) is 9.59 Å². The zero-order valence-electron chi connectivity index (χ0n) is 14.5. The molecule has 0 fully saturated rings. The van der Waals surface area contributed by atoms with Crippen molar-refractivity contribution >= 4 is 23.3 Å². The molecule has 0 saturated heterocycles. The molecule has 8 heteroatoms. The van der Waals surface area contributed by atoms with E-state index in [1.54, 1.807) is 31.2 Å². The fourth-order valence-corrected chi connectivity index (χ4v) is 2.50. The first-order valence-electron chi connectivity index (χ1n) is 8.08. The molecule has 0 aliphatic heterocycles. The number of hydrogen-bond acceptors (Lipinski definition) is 4. The number of rotatable bonds is 4. The van der Waals surface area contributed by atoms with E-state index in [0.29, 0.717) is 17.1 Å². The summed E-state index contributed by atoms with van der Waals surface area (Å²) in [6, 6.07) is 16.2. The van der Waals surface area contributed by atoms with Crippen LogP contribution in [0.1, 0.15) is 16.2 Å². The van der Waals surface area contributed by atoms with Gasteiger partial charge in [-0.2, -0.15) is 5.10 Å². The van der Waals surface area contributed by atoms with E-state index in [-0.39, 0.29) is 5.69 Å². The second-order valence-electron chi connectivity index (χ2n) is 5.77. The minimum atomic E-state index is -0.683. The summed E-state index contributed by atoms with van der Waals surface area (Å²) in [7, 11) is 0. The van der Waals surface area contributed by atoms with Gasteiger partial charge in [-0.25, -0.2) is 9.48 Å². The van der Waals surface area contributed by atoms with Crippen molar-refractivity contribution in [1.82, 2.24) is 9.78 Å². The summed E-state index contributed by atoms with van der Waals surface area (Å²) in [4.78, 5) is 35.6. The topological polar surface area (TPSA) is 119 Å². The van der Waals surface area contributed by atoms with Gasteiger partial charge in [0.25, 0.3) is 5.91 Å². The molecule has 4 N–H and O–H groups in total. The Hall–Kier alpha value is -3.94. The summed E-state index contributed by atoms with van der Waals surface area (Å²) in [5, 5.41) is 9.25. The first kappa shape index (κ1) is 17.9. The number of anilines is 2. The number of aromatic nitrogens is 2. The van der Waals surface area contributed by atoms with Crippen LogP contribution in [0, 0.1) is 6.92 Å². The van der Waals surface area contributed by atoms with Crippen molar-refractivity contribution in [2.24, 2.45) is 5.73 Å². The Bertz CT molecular complexity index is 1040. The number of para-hydroxylation sites is 1. The normalized spacial score (nSPS) is 10.3. The molecule has 1 aromatic heterocycles. The Kier molecular flexibility index (Phi) is 4.98. The molecule has 1 heterocycles. The second-order valence-corrected chi connectivity index (χ2v) is 5.77. The minimum absolute atomic E-state index is 0.219. The monoisotopic (exact) mass is 363 g/mol. The van der Waals surface area contributed by atoms with Crippen molar-refractivity contribution < 1.29 is 9.59 Å². The van der Waals surface area contributed by atoms with Crippen LogP contribution in [0.3, 0.4) is 0 Å². The van der Waals surface area contributed by atoms with Crippen molar-refractivity contribution in [3.05, 3.63) is 82.3 Å². The van der Waals surface area contributed by atoms with E-state index in [9.17, 15) is 14.4 Å². The van der Waals surface area contributed by atoms with E-state index in [4.69, 9.17) is 5.73 Å². The molecule has 0 aliphatic carbocycles. The zero-order valence-corrected chi connectivity index (χ0v) is 14.5. The summed E-state index contributed by atoms with van der Waals surface area (Å²) >= 11 is 0. The van der Waals surface area contributed by atoms with Crippen molar-refractivity contribution in [2.75, 3.05) is 10.6 Å². The molecule has 27 heavy (non-hydrogen) atoms. The largest absolute Gasteiger partial charge is 0.351 e. The number of carbonyl (C=O) groups excluding carboxylic acids is 2. The van der Waals surface area contributed by atoms with E-state index in [2.05, 4.69) is 15.7 Å². The number of amides is 3. The van der Waals surface area contributed by atoms with Gasteiger partial charge in [-0.05, 0) is 43.3 Å². The molecule has 8 nitrogen and oxygen atoms in total. The summed E-state index contributed by atoms with van der Waals surface area (Å²) in [5.41, 5.74) is 6.65. The Labute approximate surface area is 154 Å². The maximum absolute atomic E-state index is 12.5. The number of hydrogen-bond donors (Lipinski definition) is 3. The molecule has 2 aromatic carbocycles. The molecular formula is C19H17N5O3. The molecule has 0 unspecified atom stereocenters. The van der Waals surface area contributed by atoms with Crippen molar-refractivity contribution in [2.45, 2.75) is 6.92 Å². The van der Waals surface area contributed by atoms with E-state index in [1.165, 1.54) is 10.7 Å². The molecule has 0 bridgehead atoms. The minimum Gasteiger partial charge on any atom is -0.351 e. The Morgan fingerprint density at radius 1 is 0.963 bits per heavy atom. The van der Waals surface area contributed by atoms with E-state index >= 15 is 0 Å². The number of urea groups is 1. The van der Waals surface area contributed by atoms with Crippen molar-refractivity contribution in [3.63, 3.8) is 0 Å². The lowest BCUT2D eigenvalue weighted by atomic mass is 10.2. The zero-order chi connectivity index (χ0) is 19.4. The van der Waals surface area contributed by atoms with Crippen molar-refractivity contribution in [3.8, 4) is 5.69 Å². The smallest absolute Gasteiger partial charge is 0.316 e. The SMILES string of the molecule is Cc1cc(=O)c(C(=O)Nc2ccc(NC(N)=O)cc2)nn1-c1ccccc1. The third-order valence-electron chi connectivity index (χ3n) is 3.73. The predicted molar refractivity (Wildman–Crippen MR) is 102 cm³/mol. The van der Waals surface area contributed by atoms with Gasteiger partial charge in [0.1, 0.15) is 0 Å². The molecule has 3 amide bonds. The molecule has 136 valence electrons. The van der Waals surface area contributed by atoms with Gasteiger partial charge < -0.3 is 16.4 Å². The highest BCUT2D eigenvalue weighted by molar-refractivity contribution is 6.02. The first-order valence-corrected chi connectivity index (χ1v) is 8.08. The van der Waals surface area contributed by atoms with Gasteiger partial charge >= 0.3 is 6.03 Å². The molecule has 0 radical (unpaired) electrons. The van der Waals surface area contributed by atoms with Gasteiger partial charge in [0.2, 0.25) is 5.43 Å². The van der Waals surface area contributed by atoms with Crippen LogP contribution in [0.2, 0.25) is 0 Å². The summed E-state index contributed by atoms with van der Waals surface area (Å²) < 4.78 is 1.54. The van der Waals surface area contributed by atoms with Crippen LogP contribution in [0.25, 0.3) is 5.69 Å². The van der Waals surface area contributed by atoms with Crippen LogP contribution in [0.15, 0.2) is 65.5 Å². The number of carbonyl (C=O) groups is 2. The predicted octanol–water partition coefficient (Wildman–Crippen LogP) is 2.28. The quantitative estimate of drug-likeness (QED) is 0.659. The van der Waals surface area contributed by atoms with E-state index in [1.807, 2.05) is 30.3 Å². The molecule has 0 atom stereocenters. The number of nitrogens with one attached hydrogen (secondary N) is 2. The van der Waals surface area contributed by atoms with Crippen LogP contribution in [0.5, 0.6) is 0 Å². The Balaban J connectivity index is 1.86. The Morgan fingerprint density at radius 3 is 2.15 bits per heavy atom. The van der Waals surface area contributed by atoms with Crippen LogP contribution >= 0.6 is 0 Å². The van der Waals surface area contributed by atoms with Gasteiger partial charge in [-0.1, -0.05) is 18.2 Å². The van der Waals surface area contributed by atoms with Crippen LogP contribution in [-0.2, 0) is 0 Å². The number of aryl methyl sites for hydroxylation is 1. The van der Waals surface area contributed by atoms with E-state index in [0.717, 1.165) is 5.69 Å². The van der Waals surface area contributed by atoms with Crippen LogP contribution in [0.4, 0.5) is 16.2 Å². The second kappa shape index (κ2) is 7.52. The Morgan fingerprint density at radius 2 is 1.56 bits per heavy atom. The molecular weight excluding hydrogens is 346 g/mol. The average molecular weight is 363 g/mol. The van der Waals surface area contributed by atoms with Crippen LogP contribution in [-0.4, -0.2) is 21.7 Å². The highest BCUT2D eigenvalue weighted by Gasteiger charge is 2.15. The molecule has 0 saturated carbocycles. The van der Waals surface area contributed by atoms with Gasteiger partial charge in [0, 0.05) is 23.1 Å². The van der Waals surface area contributed by atoms with Crippen molar-refractivity contribution in [1.29, 1.82) is 0 Å². The maximum Gasteiger partial charge on any atom is 0.316 e. The highest BCUT2D eigenvalue weighted by Crippen LogP contribution is 2.14. The fourth-order valence-electron chi connectivity index (χ4n) is 2.50. The average Bonchev–Trinajstić information content (AvgIpc) is 2.63. The first-order chi connectivity index (χ1) is 12.9. The summed E-state index contributed by atoms with van der Waals surface area (Å²) in [5.74, 6) is -0.625. The number of nitrogens with two attached hydrogens (primary N) is 1. The number of primary amides is 1. The fraction of sp³-hybridized carbons (Fsp3) is 0.0526. The lowest BCUT2D eigenvalue weighted by Crippen LogP contribution is -2.26. The molecule has 0 spiro atoms. The van der Waals surface area contributed by atoms with Crippen LogP contribution < -0.4 is 21.8 Å². The summed E-state index contributed by atoms with van der Waals surface area (Å²) in [6.07, 6.45) is 0.